The number of hydrogen-bond donors (Lipinski definition) is 2. The summed E-state index contributed by atoms with van der Waals surface area (Å²) in [5, 5.41) is 4.98. The third-order valence-corrected chi connectivity index (χ3v) is 5.87. The average molecular weight is 402 g/mol. The lowest BCUT2D eigenvalue weighted by molar-refractivity contribution is 0.102. The van der Waals surface area contributed by atoms with E-state index in [-0.39, 0.29) is 5.91 Å². The van der Waals surface area contributed by atoms with Crippen LogP contribution < -0.4 is 5.32 Å². The van der Waals surface area contributed by atoms with Gasteiger partial charge in [-0.05, 0) is 75.3 Å². The molecule has 2 N–H and O–H groups in total. The minimum Gasteiger partial charge on any atom is -0.358 e. The Morgan fingerprint density at radius 3 is 2.74 bits per heavy atom. The van der Waals surface area contributed by atoms with Gasteiger partial charge < -0.3 is 15.2 Å². The van der Waals surface area contributed by atoms with Crippen LogP contribution in [0.4, 0.5) is 5.69 Å². The van der Waals surface area contributed by atoms with E-state index in [2.05, 4.69) is 29.3 Å². The van der Waals surface area contributed by atoms with Gasteiger partial charge in [0.1, 0.15) is 0 Å². The Morgan fingerprint density at radius 2 is 2.00 bits per heavy atom. The molecule has 0 saturated carbocycles. The summed E-state index contributed by atoms with van der Waals surface area (Å²) < 4.78 is 0. The van der Waals surface area contributed by atoms with Crippen molar-refractivity contribution in [1.82, 2.24) is 9.88 Å². The standard InChI is InChI=1S/C21H21Cl2N3O/c1-26(2)14-5-8-20-17(11-14)16-10-13(4-7-19(16)25-20)24-21(27)15-6-3-12(22)9-18(15)23/h3-4,6-7,9-10,14,25H,5,8,11H2,1-2H3,(H,24,27). The van der Waals surface area contributed by atoms with Gasteiger partial charge in [0, 0.05) is 33.3 Å². The second-order valence-electron chi connectivity index (χ2n) is 7.28. The molecular weight excluding hydrogens is 381 g/mol. The first-order valence-electron chi connectivity index (χ1n) is 8.98. The van der Waals surface area contributed by atoms with Crippen LogP contribution in [0, 0.1) is 0 Å². The second-order valence-corrected chi connectivity index (χ2v) is 8.12. The number of likely N-dealkylation sites (N-methyl/N-ethyl adjacent to an activating group) is 1. The van der Waals surface area contributed by atoms with Crippen molar-refractivity contribution in [2.75, 3.05) is 19.4 Å². The highest BCUT2D eigenvalue weighted by Gasteiger charge is 2.24. The van der Waals surface area contributed by atoms with E-state index in [1.807, 2.05) is 18.2 Å². The zero-order valence-corrected chi connectivity index (χ0v) is 16.8. The minimum absolute atomic E-state index is 0.244. The zero-order chi connectivity index (χ0) is 19.1. The molecule has 0 spiro atoms. The smallest absolute Gasteiger partial charge is 0.257 e. The molecule has 0 aliphatic heterocycles. The summed E-state index contributed by atoms with van der Waals surface area (Å²) in [6.07, 6.45) is 3.23. The van der Waals surface area contributed by atoms with E-state index in [1.54, 1.807) is 18.2 Å². The highest BCUT2D eigenvalue weighted by molar-refractivity contribution is 6.37. The Bertz CT molecular complexity index is 1030. The number of carbonyl (C=O) groups excluding carboxylic acids is 1. The highest BCUT2D eigenvalue weighted by atomic mass is 35.5. The van der Waals surface area contributed by atoms with Crippen LogP contribution in [0.5, 0.6) is 0 Å². The lowest BCUT2D eigenvalue weighted by Crippen LogP contribution is -2.33. The van der Waals surface area contributed by atoms with Gasteiger partial charge >= 0.3 is 0 Å². The number of benzene rings is 2. The maximum atomic E-state index is 12.6. The molecule has 1 atom stereocenters. The molecule has 1 aliphatic carbocycles. The van der Waals surface area contributed by atoms with Gasteiger partial charge in [-0.1, -0.05) is 23.2 Å². The number of aromatic amines is 1. The fourth-order valence-corrected chi connectivity index (χ4v) is 4.28. The lowest BCUT2D eigenvalue weighted by atomic mass is 9.91. The van der Waals surface area contributed by atoms with Gasteiger partial charge in [-0.25, -0.2) is 0 Å². The van der Waals surface area contributed by atoms with E-state index in [9.17, 15) is 4.79 Å². The molecule has 0 radical (unpaired) electrons. The Labute approximate surface area is 168 Å². The molecule has 1 amide bonds. The maximum Gasteiger partial charge on any atom is 0.257 e. The van der Waals surface area contributed by atoms with E-state index in [4.69, 9.17) is 23.2 Å². The molecule has 0 fully saturated rings. The molecule has 1 aromatic heterocycles. The number of rotatable bonds is 3. The Morgan fingerprint density at radius 1 is 1.19 bits per heavy atom. The van der Waals surface area contributed by atoms with E-state index in [0.717, 1.165) is 30.5 Å². The SMILES string of the molecule is CN(C)C1CCc2[nH]c3ccc(NC(=O)c4ccc(Cl)cc4Cl)cc3c2C1. The van der Waals surface area contributed by atoms with E-state index in [1.165, 1.54) is 16.6 Å². The molecule has 0 bridgehead atoms. The van der Waals surface area contributed by atoms with Crippen molar-refractivity contribution in [3.8, 4) is 0 Å². The second kappa shape index (κ2) is 7.19. The number of amides is 1. The van der Waals surface area contributed by atoms with Crippen LogP contribution in [0.2, 0.25) is 10.0 Å². The molecule has 0 saturated heterocycles. The first-order chi connectivity index (χ1) is 12.9. The van der Waals surface area contributed by atoms with Gasteiger partial charge in [0.2, 0.25) is 0 Å². The van der Waals surface area contributed by atoms with Crippen molar-refractivity contribution < 1.29 is 4.79 Å². The predicted octanol–water partition coefficient (Wildman–Crippen LogP) is 5.15. The summed E-state index contributed by atoms with van der Waals surface area (Å²) >= 11 is 12.1. The molecule has 1 aliphatic rings. The number of halogens is 2. The number of aromatic nitrogens is 1. The van der Waals surface area contributed by atoms with Crippen molar-refractivity contribution in [3.05, 3.63) is 63.3 Å². The van der Waals surface area contributed by atoms with Gasteiger partial charge in [0.05, 0.1) is 10.6 Å². The van der Waals surface area contributed by atoms with Crippen LogP contribution in [0.3, 0.4) is 0 Å². The van der Waals surface area contributed by atoms with Crippen LogP contribution in [-0.2, 0) is 12.8 Å². The number of H-pyrrole nitrogens is 1. The lowest BCUT2D eigenvalue weighted by Gasteiger charge is -2.28. The fourth-order valence-electron chi connectivity index (χ4n) is 3.79. The molecule has 4 nitrogen and oxygen atoms in total. The topological polar surface area (TPSA) is 48.1 Å². The van der Waals surface area contributed by atoms with Crippen molar-refractivity contribution >= 4 is 45.7 Å². The molecule has 140 valence electrons. The Kier molecular flexibility index (Phi) is 4.89. The van der Waals surface area contributed by atoms with Crippen LogP contribution in [0.25, 0.3) is 10.9 Å². The fraction of sp³-hybridized carbons (Fsp3) is 0.286. The van der Waals surface area contributed by atoms with E-state index >= 15 is 0 Å². The van der Waals surface area contributed by atoms with Crippen molar-refractivity contribution in [2.45, 2.75) is 25.3 Å². The van der Waals surface area contributed by atoms with Crippen LogP contribution >= 0.6 is 23.2 Å². The van der Waals surface area contributed by atoms with E-state index < -0.39 is 0 Å². The number of hydrogen-bond acceptors (Lipinski definition) is 2. The van der Waals surface area contributed by atoms with E-state index in [0.29, 0.717) is 21.7 Å². The quantitative estimate of drug-likeness (QED) is 0.637. The maximum absolute atomic E-state index is 12.6. The zero-order valence-electron chi connectivity index (χ0n) is 15.3. The highest BCUT2D eigenvalue weighted by Crippen LogP contribution is 2.32. The molecule has 3 aromatic rings. The summed E-state index contributed by atoms with van der Waals surface area (Å²) in [7, 11) is 4.26. The first kappa shape index (κ1) is 18.4. The number of anilines is 1. The number of nitrogens with zero attached hydrogens (tertiary/aromatic N) is 1. The molecule has 1 unspecified atom stereocenters. The summed E-state index contributed by atoms with van der Waals surface area (Å²) in [5.74, 6) is -0.244. The number of nitrogens with one attached hydrogen (secondary N) is 2. The summed E-state index contributed by atoms with van der Waals surface area (Å²) in [6, 6.07) is 11.4. The number of carbonyl (C=O) groups is 1. The molecule has 1 heterocycles. The normalized spacial score (nSPS) is 16.6. The van der Waals surface area contributed by atoms with Crippen molar-refractivity contribution in [2.24, 2.45) is 0 Å². The van der Waals surface area contributed by atoms with Gasteiger partial charge in [-0.3, -0.25) is 4.79 Å². The van der Waals surface area contributed by atoms with Gasteiger partial charge in [-0.2, -0.15) is 0 Å². The monoisotopic (exact) mass is 401 g/mol. The summed E-state index contributed by atoms with van der Waals surface area (Å²) in [4.78, 5) is 18.4. The molecule has 6 heteroatoms. The Balaban J connectivity index is 1.64. The van der Waals surface area contributed by atoms with Crippen LogP contribution in [0.1, 0.15) is 28.0 Å². The molecule has 4 rings (SSSR count). The van der Waals surface area contributed by atoms with Crippen LogP contribution in [0.15, 0.2) is 36.4 Å². The predicted molar refractivity (Wildman–Crippen MR) is 112 cm³/mol. The van der Waals surface area contributed by atoms with Crippen molar-refractivity contribution in [1.29, 1.82) is 0 Å². The van der Waals surface area contributed by atoms with Crippen LogP contribution in [-0.4, -0.2) is 35.9 Å². The Hall–Kier alpha value is -2.01. The van der Waals surface area contributed by atoms with Crippen molar-refractivity contribution in [3.63, 3.8) is 0 Å². The molecular formula is C21H21Cl2N3O. The van der Waals surface area contributed by atoms with Gasteiger partial charge in [-0.15, -0.1) is 0 Å². The third-order valence-electron chi connectivity index (χ3n) is 5.33. The number of fused-ring (bicyclic) bond motifs is 3. The largest absolute Gasteiger partial charge is 0.358 e. The number of aryl methyl sites for hydroxylation is 1. The first-order valence-corrected chi connectivity index (χ1v) is 9.74. The summed E-state index contributed by atoms with van der Waals surface area (Å²) in [6.45, 7) is 0. The summed E-state index contributed by atoms with van der Waals surface area (Å²) in [5.41, 5.74) is 4.95. The third kappa shape index (κ3) is 3.57. The molecule has 27 heavy (non-hydrogen) atoms. The average Bonchev–Trinajstić information content (AvgIpc) is 2.98. The molecule has 2 aromatic carbocycles. The van der Waals surface area contributed by atoms with Gasteiger partial charge in [0.15, 0.2) is 0 Å². The van der Waals surface area contributed by atoms with Gasteiger partial charge in [0.25, 0.3) is 5.91 Å². The minimum atomic E-state index is -0.244.